The van der Waals surface area contributed by atoms with Crippen LogP contribution in [-0.4, -0.2) is 26.4 Å². The summed E-state index contributed by atoms with van der Waals surface area (Å²) >= 11 is 0. The van der Waals surface area contributed by atoms with E-state index in [-0.39, 0.29) is 5.75 Å². The summed E-state index contributed by atoms with van der Waals surface area (Å²) < 4.78 is 15.5. The molecule has 24 heavy (non-hydrogen) atoms. The molecule has 0 bridgehead atoms. The van der Waals surface area contributed by atoms with Crippen LogP contribution in [0.1, 0.15) is 0 Å². The van der Waals surface area contributed by atoms with Crippen LogP contribution in [0, 0.1) is 0 Å². The fraction of sp³-hybridized carbons (Fsp3) is 0.167. The van der Waals surface area contributed by atoms with Crippen LogP contribution in [0.15, 0.2) is 51.7 Å². The second-order valence-electron chi connectivity index (χ2n) is 5.23. The van der Waals surface area contributed by atoms with Crippen molar-refractivity contribution in [1.82, 2.24) is 0 Å². The quantitative estimate of drug-likeness (QED) is 0.742. The zero-order valence-electron chi connectivity index (χ0n) is 13.6. The normalized spacial score (nSPS) is 10.6. The molecule has 3 aromatic rings. The van der Waals surface area contributed by atoms with Gasteiger partial charge in [-0.1, -0.05) is 0 Å². The molecule has 0 radical (unpaired) electrons. The Kier molecular flexibility index (Phi) is 4.04. The summed E-state index contributed by atoms with van der Waals surface area (Å²) in [6.45, 7) is 0. The van der Waals surface area contributed by atoms with Crippen molar-refractivity contribution in [1.29, 1.82) is 0 Å². The van der Waals surface area contributed by atoms with Crippen molar-refractivity contribution in [2.45, 2.75) is 0 Å². The van der Waals surface area contributed by atoms with E-state index < -0.39 is 5.63 Å². The van der Waals surface area contributed by atoms with Crippen molar-refractivity contribution in [3.8, 4) is 17.2 Å². The van der Waals surface area contributed by atoms with Gasteiger partial charge in [0.25, 0.3) is 0 Å². The molecule has 0 fully saturated rings. The Morgan fingerprint density at radius 2 is 1.83 bits per heavy atom. The third-order valence-corrected chi connectivity index (χ3v) is 3.84. The van der Waals surface area contributed by atoms with Crippen LogP contribution in [-0.2, 0) is 0 Å². The molecule has 3 rings (SSSR count). The number of anilines is 2. The van der Waals surface area contributed by atoms with E-state index in [2.05, 4.69) is 0 Å². The topological polar surface area (TPSA) is 72.1 Å². The Morgan fingerprint density at radius 1 is 1.04 bits per heavy atom. The maximum atomic E-state index is 11.9. The van der Waals surface area contributed by atoms with Gasteiger partial charge in [0.05, 0.1) is 19.9 Å². The van der Waals surface area contributed by atoms with Gasteiger partial charge >= 0.3 is 5.63 Å². The maximum Gasteiger partial charge on any atom is 0.338 e. The first-order chi connectivity index (χ1) is 11.5. The number of nitrogens with zero attached hydrogens (tertiary/aromatic N) is 1. The van der Waals surface area contributed by atoms with Gasteiger partial charge in [-0.3, -0.25) is 0 Å². The van der Waals surface area contributed by atoms with Crippen LogP contribution >= 0.6 is 0 Å². The number of aromatic hydroxyl groups is 1. The number of ether oxygens (including phenoxy) is 2. The fourth-order valence-corrected chi connectivity index (χ4v) is 2.56. The van der Waals surface area contributed by atoms with E-state index in [1.165, 1.54) is 13.2 Å². The number of methoxy groups -OCH3 is 2. The highest BCUT2D eigenvalue weighted by Crippen LogP contribution is 2.35. The fourth-order valence-electron chi connectivity index (χ4n) is 2.56. The summed E-state index contributed by atoms with van der Waals surface area (Å²) in [6.07, 6.45) is 0. The summed E-state index contributed by atoms with van der Waals surface area (Å²) in [6, 6.07) is 11.7. The van der Waals surface area contributed by atoms with Crippen molar-refractivity contribution in [3.05, 3.63) is 52.9 Å². The number of hydrogen-bond donors (Lipinski definition) is 1. The SMILES string of the molecule is COc1ccc2c(N(C)c3ccc(OC)c(O)c3)cc(=O)oc2c1. The second-order valence-corrected chi connectivity index (χ2v) is 5.23. The summed E-state index contributed by atoms with van der Waals surface area (Å²) in [5.74, 6) is 1.01. The van der Waals surface area contributed by atoms with Crippen LogP contribution in [0.5, 0.6) is 17.2 Å². The molecule has 2 aromatic carbocycles. The van der Waals surface area contributed by atoms with E-state index >= 15 is 0 Å². The van der Waals surface area contributed by atoms with Gasteiger partial charge in [0, 0.05) is 36.3 Å². The van der Waals surface area contributed by atoms with E-state index in [1.807, 2.05) is 6.07 Å². The van der Waals surface area contributed by atoms with Gasteiger partial charge in [-0.05, 0) is 24.3 Å². The summed E-state index contributed by atoms with van der Waals surface area (Å²) in [5.41, 5.74) is 1.33. The first kappa shape index (κ1) is 15.7. The lowest BCUT2D eigenvalue weighted by atomic mass is 10.1. The van der Waals surface area contributed by atoms with E-state index in [0.29, 0.717) is 28.5 Å². The lowest BCUT2D eigenvalue weighted by Crippen LogP contribution is -2.12. The molecule has 0 saturated carbocycles. The lowest BCUT2D eigenvalue weighted by Gasteiger charge is -2.21. The van der Waals surface area contributed by atoms with Crippen molar-refractivity contribution < 1.29 is 19.0 Å². The van der Waals surface area contributed by atoms with Crippen LogP contribution < -0.4 is 20.0 Å². The van der Waals surface area contributed by atoms with Gasteiger partial charge < -0.3 is 23.9 Å². The van der Waals surface area contributed by atoms with E-state index in [1.54, 1.807) is 49.4 Å². The molecule has 0 aliphatic carbocycles. The second kappa shape index (κ2) is 6.16. The Hall–Kier alpha value is -3.15. The first-order valence-corrected chi connectivity index (χ1v) is 7.26. The number of phenols is 1. The Bertz CT molecular complexity index is 948. The average Bonchev–Trinajstić information content (AvgIpc) is 2.59. The van der Waals surface area contributed by atoms with Crippen molar-refractivity contribution in [3.63, 3.8) is 0 Å². The molecule has 1 N–H and O–H groups in total. The molecule has 0 unspecified atom stereocenters. The number of hydrogen-bond acceptors (Lipinski definition) is 6. The molecule has 6 nitrogen and oxygen atoms in total. The largest absolute Gasteiger partial charge is 0.504 e. The van der Waals surface area contributed by atoms with Crippen LogP contribution in [0.3, 0.4) is 0 Å². The summed E-state index contributed by atoms with van der Waals surface area (Å²) in [5, 5.41) is 10.7. The molecule has 0 saturated heterocycles. The number of phenolic OH excluding ortho intramolecular Hbond substituents is 1. The molecular formula is C18H17NO5. The Morgan fingerprint density at radius 3 is 2.50 bits per heavy atom. The Balaban J connectivity index is 2.14. The maximum absolute atomic E-state index is 11.9. The van der Waals surface area contributed by atoms with Crippen LogP contribution in [0.25, 0.3) is 11.0 Å². The van der Waals surface area contributed by atoms with Crippen molar-refractivity contribution in [2.75, 3.05) is 26.2 Å². The first-order valence-electron chi connectivity index (χ1n) is 7.26. The minimum atomic E-state index is -0.463. The molecule has 0 aliphatic heterocycles. The monoisotopic (exact) mass is 327 g/mol. The van der Waals surface area contributed by atoms with Crippen molar-refractivity contribution >= 4 is 22.3 Å². The van der Waals surface area contributed by atoms with Crippen molar-refractivity contribution in [2.24, 2.45) is 0 Å². The number of fused-ring (bicyclic) bond motifs is 1. The number of benzene rings is 2. The molecular weight excluding hydrogens is 310 g/mol. The van der Waals surface area contributed by atoms with E-state index in [4.69, 9.17) is 13.9 Å². The highest BCUT2D eigenvalue weighted by molar-refractivity contribution is 5.93. The van der Waals surface area contributed by atoms with Gasteiger partial charge in [0.15, 0.2) is 11.5 Å². The van der Waals surface area contributed by atoms with Gasteiger partial charge in [-0.25, -0.2) is 4.79 Å². The molecule has 1 aromatic heterocycles. The molecule has 6 heteroatoms. The third kappa shape index (κ3) is 2.74. The predicted octanol–water partition coefficient (Wildman–Crippen LogP) is 3.28. The number of rotatable bonds is 4. The smallest absolute Gasteiger partial charge is 0.338 e. The van der Waals surface area contributed by atoms with Crippen LogP contribution in [0.2, 0.25) is 0 Å². The molecule has 0 aliphatic rings. The molecule has 1 heterocycles. The van der Waals surface area contributed by atoms with E-state index in [0.717, 1.165) is 5.39 Å². The standard InChI is InChI=1S/C18H17NO5/c1-19(11-4-7-16(23-3)15(20)8-11)14-10-18(21)24-17-9-12(22-2)5-6-13(14)17/h4-10,20H,1-3H3. The van der Waals surface area contributed by atoms with Crippen LogP contribution in [0.4, 0.5) is 11.4 Å². The van der Waals surface area contributed by atoms with Gasteiger partial charge in [-0.2, -0.15) is 0 Å². The Labute approximate surface area is 138 Å². The highest BCUT2D eigenvalue weighted by atomic mass is 16.5. The minimum Gasteiger partial charge on any atom is -0.504 e. The summed E-state index contributed by atoms with van der Waals surface area (Å²) in [7, 11) is 4.84. The summed E-state index contributed by atoms with van der Waals surface area (Å²) in [4.78, 5) is 13.7. The third-order valence-electron chi connectivity index (χ3n) is 3.84. The lowest BCUT2D eigenvalue weighted by molar-refractivity contribution is 0.373. The minimum absolute atomic E-state index is 0.0239. The van der Waals surface area contributed by atoms with Gasteiger partial charge in [0.1, 0.15) is 11.3 Å². The van der Waals surface area contributed by atoms with E-state index in [9.17, 15) is 9.90 Å². The zero-order chi connectivity index (χ0) is 17.3. The molecule has 0 spiro atoms. The van der Waals surface area contributed by atoms with Gasteiger partial charge in [0.2, 0.25) is 0 Å². The predicted molar refractivity (Wildman–Crippen MR) is 91.8 cm³/mol. The highest BCUT2D eigenvalue weighted by Gasteiger charge is 2.14. The molecule has 0 atom stereocenters. The zero-order valence-corrected chi connectivity index (χ0v) is 13.6. The molecule has 124 valence electrons. The average molecular weight is 327 g/mol. The van der Waals surface area contributed by atoms with Gasteiger partial charge in [-0.15, -0.1) is 0 Å². The molecule has 0 amide bonds.